The van der Waals surface area contributed by atoms with Gasteiger partial charge in [0.05, 0.1) is 19.3 Å². The van der Waals surface area contributed by atoms with Crippen LogP contribution in [0.2, 0.25) is 0 Å². The van der Waals surface area contributed by atoms with Crippen molar-refractivity contribution in [2.45, 2.75) is 31.0 Å². The van der Waals surface area contributed by atoms with Crippen molar-refractivity contribution in [3.63, 3.8) is 0 Å². The van der Waals surface area contributed by atoms with E-state index in [0.717, 1.165) is 15.6 Å². The molecule has 0 radical (unpaired) electrons. The molecule has 4 rings (SSSR count). The lowest BCUT2D eigenvalue weighted by Crippen LogP contribution is -2.57. The highest BCUT2D eigenvalue weighted by Crippen LogP contribution is 2.51. The zero-order valence-corrected chi connectivity index (χ0v) is 19.6. The molecule has 3 atom stereocenters. The summed E-state index contributed by atoms with van der Waals surface area (Å²) in [4.78, 5) is 30.3. The summed E-state index contributed by atoms with van der Waals surface area (Å²) < 4.78 is 6.50. The minimum atomic E-state index is -1.33. The van der Waals surface area contributed by atoms with Crippen molar-refractivity contribution in [1.82, 2.24) is 9.80 Å². The van der Waals surface area contributed by atoms with Crippen LogP contribution < -0.4 is 10.1 Å². The third-order valence-electron chi connectivity index (χ3n) is 6.13. The maximum absolute atomic E-state index is 13.8. The van der Waals surface area contributed by atoms with Crippen molar-refractivity contribution < 1.29 is 19.4 Å². The normalized spacial score (nSPS) is 25.3. The molecule has 0 aromatic heterocycles. The Labute approximate surface area is 190 Å². The van der Waals surface area contributed by atoms with Crippen LogP contribution in [-0.2, 0) is 15.1 Å². The summed E-state index contributed by atoms with van der Waals surface area (Å²) in [5.41, 5.74) is 1.68. The number of nitrogens with one attached hydrogen (secondary N) is 1. The number of halogens is 1. The topological polar surface area (TPSA) is 82.1 Å². The second-order valence-corrected chi connectivity index (χ2v) is 9.26. The van der Waals surface area contributed by atoms with Crippen LogP contribution in [0.3, 0.4) is 0 Å². The van der Waals surface area contributed by atoms with Gasteiger partial charge in [0.1, 0.15) is 5.75 Å². The van der Waals surface area contributed by atoms with E-state index in [1.165, 1.54) is 4.90 Å². The fourth-order valence-corrected chi connectivity index (χ4v) is 5.15. The van der Waals surface area contributed by atoms with E-state index >= 15 is 0 Å². The molecule has 31 heavy (non-hydrogen) atoms. The molecule has 2 heterocycles. The molecule has 0 spiro atoms. The molecule has 2 N–H and O–H groups in total. The summed E-state index contributed by atoms with van der Waals surface area (Å²) in [6.45, 7) is 2.13. The Morgan fingerprint density at radius 3 is 2.68 bits per heavy atom. The lowest BCUT2D eigenvalue weighted by Gasteiger charge is -2.41. The second-order valence-electron chi connectivity index (χ2n) is 8.35. The SMILES string of the molecule is COc1ccc(C)cc1C1(N2C[C@H](O)C[C@H]2C(=O)N(C)C)C(=O)Nc2ccc(Br)cc21. The number of rotatable bonds is 4. The number of carbonyl (C=O) groups excluding carboxylic acids is 2. The van der Waals surface area contributed by atoms with E-state index in [2.05, 4.69) is 21.2 Å². The number of likely N-dealkylation sites (tertiary alicyclic amines) is 1. The van der Waals surface area contributed by atoms with Crippen LogP contribution >= 0.6 is 15.9 Å². The Kier molecular flexibility index (Phi) is 5.57. The van der Waals surface area contributed by atoms with Crippen molar-refractivity contribution in [2.24, 2.45) is 0 Å². The van der Waals surface area contributed by atoms with Gasteiger partial charge in [-0.25, -0.2) is 0 Å². The number of hydrogen-bond acceptors (Lipinski definition) is 5. The summed E-state index contributed by atoms with van der Waals surface area (Å²) in [5, 5.41) is 13.6. The maximum atomic E-state index is 13.8. The van der Waals surface area contributed by atoms with Gasteiger partial charge >= 0.3 is 0 Å². The first-order chi connectivity index (χ1) is 14.7. The predicted molar refractivity (Wildman–Crippen MR) is 121 cm³/mol. The van der Waals surface area contributed by atoms with Gasteiger partial charge < -0.3 is 20.1 Å². The van der Waals surface area contributed by atoms with E-state index in [-0.39, 0.29) is 24.8 Å². The summed E-state index contributed by atoms with van der Waals surface area (Å²) in [7, 11) is 4.94. The lowest BCUT2D eigenvalue weighted by atomic mass is 9.80. The van der Waals surface area contributed by atoms with Crippen LogP contribution in [0.25, 0.3) is 0 Å². The number of aliphatic hydroxyl groups is 1. The number of likely N-dealkylation sites (N-methyl/N-ethyl adjacent to an activating group) is 1. The smallest absolute Gasteiger partial charge is 0.254 e. The Balaban J connectivity index is 2.05. The van der Waals surface area contributed by atoms with E-state index in [4.69, 9.17) is 4.74 Å². The molecule has 2 aromatic carbocycles. The van der Waals surface area contributed by atoms with Gasteiger partial charge in [-0.3, -0.25) is 14.5 Å². The van der Waals surface area contributed by atoms with Crippen molar-refractivity contribution >= 4 is 33.4 Å². The third-order valence-corrected chi connectivity index (χ3v) is 6.62. The van der Waals surface area contributed by atoms with Crippen molar-refractivity contribution in [2.75, 3.05) is 33.1 Å². The fourth-order valence-electron chi connectivity index (χ4n) is 4.79. The molecule has 2 aliphatic rings. The van der Waals surface area contributed by atoms with E-state index in [1.807, 2.05) is 48.2 Å². The first-order valence-electron chi connectivity index (χ1n) is 10.1. The number of aryl methyl sites for hydroxylation is 1. The van der Waals surface area contributed by atoms with Crippen LogP contribution in [0.4, 0.5) is 5.69 Å². The average Bonchev–Trinajstić information content (AvgIpc) is 3.24. The summed E-state index contributed by atoms with van der Waals surface area (Å²) in [5.74, 6) is 0.125. The first-order valence-corrected chi connectivity index (χ1v) is 10.9. The summed E-state index contributed by atoms with van der Waals surface area (Å²) in [6.07, 6.45) is -0.477. The number of methoxy groups -OCH3 is 1. The molecule has 8 heteroatoms. The number of benzene rings is 2. The Morgan fingerprint density at radius 1 is 1.26 bits per heavy atom. The number of anilines is 1. The Bertz CT molecular complexity index is 1060. The zero-order valence-electron chi connectivity index (χ0n) is 18.0. The molecule has 0 saturated carbocycles. The van der Waals surface area contributed by atoms with Crippen LogP contribution in [0.1, 0.15) is 23.1 Å². The zero-order chi connectivity index (χ0) is 22.5. The van der Waals surface area contributed by atoms with Gasteiger partial charge in [-0.2, -0.15) is 0 Å². The average molecular weight is 488 g/mol. The highest BCUT2D eigenvalue weighted by molar-refractivity contribution is 9.10. The second kappa shape index (κ2) is 7.93. The first kappa shape index (κ1) is 21.8. The number of carbonyl (C=O) groups is 2. The molecule has 0 aliphatic carbocycles. The van der Waals surface area contributed by atoms with Gasteiger partial charge in [-0.15, -0.1) is 0 Å². The van der Waals surface area contributed by atoms with Crippen LogP contribution in [0.5, 0.6) is 5.75 Å². The summed E-state index contributed by atoms with van der Waals surface area (Å²) in [6, 6.07) is 10.6. The summed E-state index contributed by atoms with van der Waals surface area (Å²) >= 11 is 3.53. The Morgan fingerprint density at radius 2 is 2.00 bits per heavy atom. The molecule has 2 aromatic rings. The van der Waals surface area contributed by atoms with Crippen LogP contribution in [0, 0.1) is 6.92 Å². The number of hydrogen-bond donors (Lipinski definition) is 2. The van der Waals surface area contributed by atoms with Gasteiger partial charge in [0, 0.05) is 41.9 Å². The van der Waals surface area contributed by atoms with E-state index in [1.54, 1.807) is 21.2 Å². The van der Waals surface area contributed by atoms with Gasteiger partial charge in [0.15, 0.2) is 5.54 Å². The van der Waals surface area contributed by atoms with Crippen molar-refractivity contribution in [1.29, 1.82) is 0 Å². The van der Waals surface area contributed by atoms with E-state index in [0.29, 0.717) is 17.0 Å². The number of β-amino-alcohol motifs (C(OH)–C–C–N with tert-alkyl or cyclic N) is 1. The number of aliphatic hydroxyl groups excluding tert-OH is 1. The van der Waals surface area contributed by atoms with Crippen LogP contribution in [0.15, 0.2) is 40.9 Å². The molecule has 1 unspecified atom stereocenters. The minimum absolute atomic E-state index is 0.154. The molecule has 1 fully saturated rings. The van der Waals surface area contributed by atoms with Gasteiger partial charge in [-0.05, 0) is 43.7 Å². The van der Waals surface area contributed by atoms with Crippen molar-refractivity contribution in [3.05, 3.63) is 57.6 Å². The highest BCUT2D eigenvalue weighted by Gasteiger charge is 2.59. The molecular weight excluding hydrogens is 462 g/mol. The molecule has 7 nitrogen and oxygen atoms in total. The van der Waals surface area contributed by atoms with Gasteiger partial charge in [-0.1, -0.05) is 27.6 Å². The number of nitrogens with zero attached hydrogens (tertiary/aromatic N) is 2. The number of ether oxygens (including phenoxy) is 1. The predicted octanol–water partition coefficient (Wildman–Crippen LogP) is 2.49. The standard InChI is InChI=1S/C23H26BrN3O4/c1-13-5-8-20(31-4)17(9-13)23(16-10-14(24)6-7-18(16)25-22(23)30)27-12-15(28)11-19(27)21(29)26(2)3/h5-10,15,19,28H,11-12H2,1-4H3,(H,25,30)/t15-,19+,23?/m1/s1. The van der Waals surface area contributed by atoms with E-state index in [9.17, 15) is 14.7 Å². The number of amides is 2. The molecule has 0 bridgehead atoms. The molecule has 1 saturated heterocycles. The minimum Gasteiger partial charge on any atom is -0.496 e. The molecule has 2 aliphatic heterocycles. The molecule has 2 amide bonds. The maximum Gasteiger partial charge on any atom is 0.254 e. The largest absolute Gasteiger partial charge is 0.496 e. The monoisotopic (exact) mass is 487 g/mol. The Hall–Kier alpha value is -2.42. The fraction of sp³-hybridized carbons (Fsp3) is 0.391. The lowest BCUT2D eigenvalue weighted by molar-refractivity contribution is -0.138. The third kappa shape index (κ3) is 3.33. The van der Waals surface area contributed by atoms with Crippen molar-refractivity contribution in [3.8, 4) is 5.75 Å². The van der Waals surface area contributed by atoms with Gasteiger partial charge in [0.25, 0.3) is 5.91 Å². The highest BCUT2D eigenvalue weighted by atomic mass is 79.9. The number of fused-ring (bicyclic) bond motifs is 1. The molecular formula is C23H26BrN3O4. The van der Waals surface area contributed by atoms with Gasteiger partial charge in [0.2, 0.25) is 5.91 Å². The van der Waals surface area contributed by atoms with E-state index < -0.39 is 17.7 Å². The quantitative estimate of drug-likeness (QED) is 0.692. The van der Waals surface area contributed by atoms with Crippen LogP contribution in [-0.4, -0.2) is 66.6 Å². The molecule has 164 valence electrons.